The normalized spacial score (nSPS) is 15.8. The maximum Gasteiger partial charge on any atom is 0.259 e. The monoisotopic (exact) mass is 380 g/mol. The van der Waals surface area contributed by atoms with Crippen LogP contribution in [0, 0.1) is 11.6 Å². The van der Waals surface area contributed by atoms with Crippen molar-refractivity contribution in [2.24, 2.45) is 0 Å². The Labute approximate surface area is 150 Å². The van der Waals surface area contributed by atoms with Gasteiger partial charge in [-0.1, -0.05) is 24.3 Å². The van der Waals surface area contributed by atoms with Crippen LogP contribution in [0.1, 0.15) is 23.2 Å². The quantitative estimate of drug-likeness (QED) is 0.887. The molecule has 0 radical (unpaired) electrons. The number of piperidine rings is 1. The molecule has 1 heterocycles. The van der Waals surface area contributed by atoms with Crippen molar-refractivity contribution in [3.05, 3.63) is 65.7 Å². The molecule has 1 saturated heterocycles. The number of amides is 1. The predicted molar refractivity (Wildman–Crippen MR) is 92.0 cm³/mol. The van der Waals surface area contributed by atoms with Crippen molar-refractivity contribution >= 4 is 15.9 Å². The van der Waals surface area contributed by atoms with Crippen LogP contribution in [0.2, 0.25) is 0 Å². The molecule has 3 rings (SSSR count). The maximum absolute atomic E-state index is 13.8. The second kappa shape index (κ2) is 7.51. The molecule has 26 heavy (non-hydrogen) atoms. The summed E-state index contributed by atoms with van der Waals surface area (Å²) in [6.45, 7) is 0.434. The van der Waals surface area contributed by atoms with E-state index in [2.05, 4.69) is 4.72 Å². The number of hydrogen-bond acceptors (Lipinski definition) is 3. The molecular formula is C18H18F2N2O3S. The van der Waals surface area contributed by atoms with E-state index in [0.29, 0.717) is 12.8 Å². The molecule has 1 aliphatic rings. The van der Waals surface area contributed by atoms with Crippen molar-refractivity contribution in [2.45, 2.75) is 23.8 Å². The number of rotatable bonds is 4. The highest BCUT2D eigenvalue weighted by Gasteiger charge is 2.29. The van der Waals surface area contributed by atoms with Gasteiger partial charge >= 0.3 is 0 Å². The Bertz CT molecular complexity index is 876. The van der Waals surface area contributed by atoms with Gasteiger partial charge in [-0.05, 0) is 37.1 Å². The van der Waals surface area contributed by atoms with E-state index < -0.39 is 33.1 Å². The van der Waals surface area contributed by atoms with Crippen LogP contribution in [0.25, 0.3) is 0 Å². The van der Waals surface area contributed by atoms with E-state index in [4.69, 9.17) is 0 Å². The zero-order valence-electron chi connectivity index (χ0n) is 13.9. The lowest BCUT2D eigenvalue weighted by atomic mass is 10.0. The largest absolute Gasteiger partial charge is 0.338 e. The van der Waals surface area contributed by atoms with Gasteiger partial charge in [0.1, 0.15) is 17.2 Å². The molecule has 0 saturated carbocycles. The first-order chi connectivity index (χ1) is 12.4. The third kappa shape index (κ3) is 3.91. The van der Waals surface area contributed by atoms with Gasteiger partial charge in [-0.3, -0.25) is 4.79 Å². The van der Waals surface area contributed by atoms with Crippen molar-refractivity contribution in [3.63, 3.8) is 0 Å². The van der Waals surface area contributed by atoms with E-state index in [0.717, 1.165) is 12.1 Å². The van der Waals surface area contributed by atoms with Crippen molar-refractivity contribution in [3.8, 4) is 0 Å². The SMILES string of the molecule is O=C(c1c(F)cccc1F)N1CCC(NS(=O)(=O)c2ccccc2)CC1. The number of likely N-dealkylation sites (tertiary alicyclic amines) is 1. The lowest BCUT2D eigenvalue weighted by molar-refractivity contribution is 0.0701. The van der Waals surface area contributed by atoms with E-state index in [-0.39, 0.29) is 24.0 Å². The minimum atomic E-state index is -3.64. The van der Waals surface area contributed by atoms with Gasteiger partial charge in [0, 0.05) is 19.1 Å². The third-order valence-corrected chi connectivity index (χ3v) is 5.87. The average Bonchev–Trinajstić information content (AvgIpc) is 2.62. The van der Waals surface area contributed by atoms with Gasteiger partial charge in [0.2, 0.25) is 10.0 Å². The molecule has 8 heteroatoms. The van der Waals surface area contributed by atoms with Crippen molar-refractivity contribution in [1.29, 1.82) is 0 Å². The highest BCUT2D eigenvalue weighted by molar-refractivity contribution is 7.89. The summed E-state index contributed by atoms with van der Waals surface area (Å²) >= 11 is 0. The Morgan fingerprint density at radius 3 is 2.12 bits per heavy atom. The molecule has 2 aromatic carbocycles. The zero-order valence-corrected chi connectivity index (χ0v) is 14.7. The molecule has 1 N–H and O–H groups in total. The van der Waals surface area contributed by atoms with E-state index in [1.165, 1.54) is 23.1 Å². The summed E-state index contributed by atoms with van der Waals surface area (Å²) in [4.78, 5) is 13.9. The van der Waals surface area contributed by atoms with Crippen LogP contribution >= 0.6 is 0 Å². The summed E-state index contributed by atoms with van der Waals surface area (Å²) < 4.78 is 54.8. The molecule has 1 amide bonds. The second-order valence-corrected chi connectivity index (χ2v) is 7.81. The van der Waals surface area contributed by atoms with Crippen LogP contribution in [-0.2, 0) is 10.0 Å². The lowest BCUT2D eigenvalue weighted by Crippen LogP contribution is -2.46. The van der Waals surface area contributed by atoms with Crippen LogP contribution in [0.4, 0.5) is 8.78 Å². The van der Waals surface area contributed by atoms with Crippen molar-refractivity contribution in [2.75, 3.05) is 13.1 Å². The number of nitrogens with zero attached hydrogens (tertiary/aromatic N) is 1. The molecule has 0 atom stereocenters. The fraction of sp³-hybridized carbons (Fsp3) is 0.278. The van der Waals surface area contributed by atoms with Crippen LogP contribution in [0.5, 0.6) is 0 Å². The molecule has 0 bridgehead atoms. The van der Waals surface area contributed by atoms with Gasteiger partial charge in [-0.15, -0.1) is 0 Å². The van der Waals surface area contributed by atoms with Crippen LogP contribution < -0.4 is 4.72 Å². The first kappa shape index (κ1) is 18.5. The molecule has 0 aromatic heterocycles. The summed E-state index contributed by atoms with van der Waals surface area (Å²) in [7, 11) is -3.64. The molecule has 5 nitrogen and oxygen atoms in total. The second-order valence-electron chi connectivity index (χ2n) is 6.10. The van der Waals surface area contributed by atoms with E-state index >= 15 is 0 Å². The summed E-state index contributed by atoms with van der Waals surface area (Å²) in [5.74, 6) is -2.52. The molecule has 0 unspecified atom stereocenters. The number of benzene rings is 2. The first-order valence-electron chi connectivity index (χ1n) is 8.19. The van der Waals surface area contributed by atoms with Crippen LogP contribution in [-0.4, -0.2) is 38.4 Å². The minimum Gasteiger partial charge on any atom is -0.338 e. The number of sulfonamides is 1. The van der Waals surface area contributed by atoms with E-state index in [1.54, 1.807) is 18.2 Å². The number of carbonyl (C=O) groups excluding carboxylic acids is 1. The smallest absolute Gasteiger partial charge is 0.259 e. The molecule has 138 valence electrons. The summed E-state index contributed by atoms with van der Waals surface area (Å²) in [6.07, 6.45) is 0.738. The topological polar surface area (TPSA) is 66.5 Å². The number of halogens is 2. The Kier molecular flexibility index (Phi) is 5.33. The number of nitrogens with one attached hydrogen (secondary N) is 1. The Morgan fingerprint density at radius 2 is 1.54 bits per heavy atom. The molecule has 1 fully saturated rings. The Morgan fingerprint density at radius 1 is 0.962 bits per heavy atom. The van der Waals surface area contributed by atoms with Gasteiger partial charge in [0.25, 0.3) is 5.91 Å². The molecule has 0 spiro atoms. The Balaban J connectivity index is 1.64. The summed E-state index contributed by atoms with van der Waals surface area (Å²) in [6, 6.07) is 10.9. The third-order valence-electron chi connectivity index (χ3n) is 4.33. The highest BCUT2D eigenvalue weighted by Crippen LogP contribution is 2.19. The summed E-state index contributed by atoms with van der Waals surface area (Å²) in [5.41, 5.74) is -0.573. The maximum atomic E-state index is 13.8. The Hall–Kier alpha value is -2.32. The van der Waals surface area contributed by atoms with Gasteiger partial charge in [-0.25, -0.2) is 21.9 Å². The van der Waals surface area contributed by atoms with Gasteiger partial charge in [0.15, 0.2) is 0 Å². The molecular weight excluding hydrogens is 362 g/mol. The van der Waals surface area contributed by atoms with Crippen molar-refractivity contribution < 1.29 is 22.0 Å². The predicted octanol–water partition coefficient (Wildman–Crippen LogP) is 2.55. The number of hydrogen-bond donors (Lipinski definition) is 1. The van der Waals surface area contributed by atoms with Crippen LogP contribution in [0.3, 0.4) is 0 Å². The first-order valence-corrected chi connectivity index (χ1v) is 9.67. The van der Waals surface area contributed by atoms with Crippen molar-refractivity contribution in [1.82, 2.24) is 9.62 Å². The summed E-state index contributed by atoms with van der Waals surface area (Å²) in [5, 5.41) is 0. The van der Waals surface area contributed by atoms with Gasteiger partial charge in [-0.2, -0.15) is 0 Å². The van der Waals surface area contributed by atoms with Gasteiger partial charge in [0.05, 0.1) is 4.90 Å². The van der Waals surface area contributed by atoms with Gasteiger partial charge < -0.3 is 4.90 Å². The standard InChI is InChI=1S/C18H18F2N2O3S/c19-15-7-4-8-16(20)17(15)18(23)22-11-9-13(10-12-22)21-26(24,25)14-5-2-1-3-6-14/h1-8,13,21H,9-12H2. The minimum absolute atomic E-state index is 0.173. The molecule has 1 aliphatic heterocycles. The molecule has 2 aromatic rings. The number of carbonyl (C=O) groups is 1. The lowest BCUT2D eigenvalue weighted by Gasteiger charge is -2.32. The van der Waals surface area contributed by atoms with Crippen LogP contribution in [0.15, 0.2) is 53.4 Å². The molecule has 0 aliphatic carbocycles. The fourth-order valence-electron chi connectivity index (χ4n) is 2.95. The van der Waals surface area contributed by atoms with E-state index in [9.17, 15) is 22.0 Å². The highest BCUT2D eigenvalue weighted by atomic mass is 32.2. The average molecular weight is 380 g/mol. The van der Waals surface area contributed by atoms with E-state index in [1.807, 2.05) is 0 Å². The fourth-order valence-corrected chi connectivity index (χ4v) is 4.27. The zero-order chi connectivity index (χ0) is 18.7.